The lowest BCUT2D eigenvalue weighted by Crippen LogP contribution is -2.09. The molecule has 5 nitrogen and oxygen atoms in total. The van der Waals surface area contributed by atoms with Crippen LogP contribution < -0.4 is 0 Å². The van der Waals surface area contributed by atoms with Crippen LogP contribution in [0.2, 0.25) is 0 Å². The average molecular weight is 260 g/mol. The summed E-state index contributed by atoms with van der Waals surface area (Å²) in [6.45, 7) is 2.11. The highest BCUT2D eigenvalue weighted by molar-refractivity contribution is 5.81. The summed E-state index contributed by atoms with van der Waals surface area (Å²) in [5.41, 5.74) is 2.34. The van der Waals surface area contributed by atoms with E-state index in [4.69, 9.17) is 9.26 Å². The van der Waals surface area contributed by atoms with Crippen molar-refractivity contribution < 1.29 is 14.1 Å². The molecule has 0 spiro atoms. The van der Waals surface area contributed by atoms with Crippen LogP contribution in [0.4, 0.5) is 0 Å². The number of ketones is 1. The van der Waals surface area contributed by atoms with E-state index < -0.39 is 0 Å². The summed E-state index contributed by atoms with van der Waals surface area (Å²) in [6, 6.07) is 8.04. The van der Waals surface area contributed by atoms with Gasteiger partial charge in [-0.25, -0.2) is 0 Å². The van der Waals surface area contributed by atoms with Crippen molar-refractivity contribution in [1.82, 2.24) is 10.1 Å². The Morgan fingerprint density at radius 2 is 2.16 bits per heavy atom. The first kappa shape index (κ1) is 13.4. The van der Waals surface area contributed by atoms with E-state index in [-0.39, 0.29) is 18.8 Å². The SMILES string of the molecule is COCC(=O)Cc1nc(Cc2ccccc2C)no1. The minimum absolute atomic E-state index is 0.0650. The summed E-state index contributed by atoms with van der Waals surface area (Å²) in [5, 5.41) is 3.89. The fourth-order valence-electron chi connectivity index (χ4n) is 1.79. The zero-order chi connectivity index (χ0) is 13.7. The third-order valence-corrected chi connectivity index (χ3v) is 2.77. The molecule has 100 valence electrons. The highest BCUT2D eigenvalue weighted by Crippen LogP contribution is 2.11. The summed E-state index contributed by atoms with van der Waals surface area (Å²) < 4.78 is 9.81. The van der Waals surface area contributed by atoms with Crippen LogP contribution in [-0.2, 0) is 22.4 Å². The van der Waals surface area contributed by atoms with E-state index in [0.29, 0.717) is 18.1 Å². The molecule has 19 heavy (non-hydrogen) atoms. The average Bonchev–Trinajstić information content (AvgIpc) is 2.80. The van der Waals surface area contributed by atoms with E-state index in [0.717, 1.165) is 5.56 Å². The van der Waals surface area contributed by atoms with Crippen LogP contribution >= 0.6 is 0 Å². The number of methoxy groups -OCH3 is 1. The summed E-state index contributed by atoms with van der Waals surface area (Å²) in [7, 11) is 1.48. The number of ether oxygens (including phenoxy) is 1. The fraction of sp³-hybridized carbons (Fsp3) is 0.357. The molecule has 0 aliphatic heterocycles. The number of carbonyl (C=O) groups excluding carboxylic acids is 1. The molecule has 0 amide bonds. The molecule has 2 rings (SSSR count). The summed E-state index contributed by atoms with van der Waals surface area (Å²) >= 11 is 0. The van der Waals surface area contributed by atoms with Gasteiger partial charge in [-0.3, -0.25) is 4.79 Å². The Morgan fingerprint density at radius 1 is 1.37 bits per heavy atom. The Hall–Kier alpha value is -2.01. The second-order valence-corrected chi connectivity index (χ2v) is 4.36. The van der Waals surface area contributed by atoms with Gasteiger partial charge in [-0.1, -0.05) is 29.4 Å². The molecule has 5 heteroatoms. The van der Waals surface area contributed by atoms with Crippen molar-refractivity contribution in [2.75, 3.05) is 13.7 Å². The maximum absolute atomic E-state index is 11.4. The largest absolute Gasteiger partial charge is 0.377 e. The van der Waals surface area contributed by atoms with Crippen LogP contribution in [0.3, 0.4) is 0 Å². The van der Waals surface area contributed by atoms with Gasteiger partial charge in [0.25, 0.3) is 0 Å². The molecule has 0 N–H and O–H groups in total. The standard InChI is InChI=1S/C14H16N2O3/c1-10-5-3-4-6-11(10)7-13-15-14(19-16-13)8-12(17)9-18-2/h3-6H,7-9H2,1-2H3. The molecular weight excluding hydrogens is 244 g/mol. The number of hydrogen-bond acceptors (Lipinski definition) is 5. The van der Waals surface area contributed by atoms with Crippen LogP contribution in [0, 0.1) is 6.92 Å². The first-order valence-corrected chi connectivity index (χ1v) is 6.05. The van der Waals surface area contributed by atoms with Gasteiger partial charge in [0.15, 0.2) is 11.6 Å². The third-order valence-electron chi connectivity index (χ3n) is 2.77. The van der Waals surface area contributed by atoms with Crippen molar-refractivity contribution in [2.45, 2.75) is 19.8 Å². The van der Waals surface area contributed by atoms with Gasteiger partial charge in [-0.2, -0.15) is 4.98 Å². The zero-order valence-electron chi connectivity index (χ0n) is 11.0. The molecule has 1 aromatic carbocycles. The lowest BCUT2D eigenvalue weighted by molar-refractivity contribution is -0.122. The topological polar surface area (TPSA) is 65.2 Å². The predicted molar refractivity (Wildman–Crippen MR) is 68.9 cm³/mol. The minimum atomic E-state index is -0.0754. The quantitative estimate of drug-likeness (QED) is 0.791. The molecule has 1 heterocycles. The Bertz CT molecular complexity index is 563. The number of aryl methyl sites for hydroxylation is 1. The van der Waals surface area contributed by atoms with Crippen molar-refractivity contribution >= 4 is 5.78 Å². The Morgan fingerprint density at radius 3 is 2.89 bits per heavy atom. The summed E-state index contributed by atoms with van der Waals surface area (Å²) in [5.74, 6) is 0.855. The van der Waals surface area contributed by atoms with Gasteiger partial charge in [0, 0.05) is 13.5 Å². The molecular formula is C14H16N2O3. The maximum Gasteiger partial charge on any atom is 0.234 e. The number of rotatable bonds is 6. The molecule has 0 aliphatic carbocycles. The lowest BCUT2D eigenvalue weighted by atomic mass is 10.1. The molecule has 0 aliphatic rings. The fourth-order valence-corrected chi connectivity index (χ4v) is 1.79. The molecule has 0 saturated carbocycles. The molecule has 2 aromatic rings. The van der Waals surface area contributed by atoms with Gasteiger partial charge in [-0.05, 0) is 18.1 Å². The van der Waals surface area contributed by atoms with Crippen LogP contribution in [0.5, 0.6) is 0 Å². The molecule has 0 radical (unpaired) electrons. The summed E-state index contributed by atoms with van der Waals surface area (Å²) in [6.07, 6.45) is 0.725. The van der Waals surface area contributed by atoms with E-state index in [1.807, 2.05) is 31.2 Å². The zero-order valence-corrected chi connectivity index (χ0v) is 11.0. The number of carbonyl (C=O) groups is 1. The molecule has 0 bridgehead atoms. The first-order valence-electron chi connectivity index (χ1n) is 6.05. The summed E-state index contributed by atoms with van der Waals surface area (Å²) in [4.78, 5) is 15.6. The van der Waals surface area contributed by atoms with Gasteiger partial charge >= 0.3 is 0 Å². The normalized spacial score (nSPS) is 10.6. The van der Waals surface area contributed by atoms with Crippen molar-refractivity contribution in [3.8, 4) is 0 Å². The highest BCUT2D eigenvalue weighted by Gasteiger charge is 2.12. The van der Waals surface area contributed by atoms with Gasteiger partial charge in [0.05, 0.1) is 6.42 Å². The number of benzene rings is 1. The Labute approximate surface area is 111 Å². The second kappa shape index (κ2) is 6.24. The van der Waals surface area contributed by atoms with Gasteiger partial charge in [0.1, 0.15) is 6.61 Å². The minimum Gasteiger partial charge on any atom is -0.377 e. The third kappa shape index (κ3) is 3.72. The van der Waals surface area contributed by atoms with E-state index in [2.05, 4.69) is 10.1 Å². The predicted octanol–water partition coefficient (Wildman–Crippen LogP) is 1.73. The molecule has 0 atom stereocenters. The molecule has 0 unspecified atom stereocenters. The van der Waals surface area contributed by atoms with Crippen LogP contribution in [0.1, 0.15) is 22.8 Å². The number of aromatic nitrogens is 2. The molecule has 1 aromatic heterocycles. The monoisotopic (exact) mass is 260 g/mol. The van der Waals surface area contributed by atoms with Gasteiger partial charge in [0.2, 0.25) is 5.89 Å². The van der Waals surface area contributed by atoms with E-state index in [9.17, 15) is 4.79 Å². The number of nitrogens with zero attached hydrogens (tertiary/aromatic N) is 2. The van der Waals surface area contributed by atoms with Crippen molar-refractivity contribution in [2.24, 2.45) is 0 Å². The Balaban J connectivity index is 2.02. The van der Waals surface area contributed by atoms with Crippen LogP contribution in [0.25, 0.3) is 0 Å². The van der Waals surface area contributed by atoms with Gasteiger partial charge < -0.3 is 9.26 Å². The highest BCUT2D eigenvalue weighted by atomic mass is 16.5. The van der Waals surface area contributed by atoms with Crippen molar-refractivity contribution in [3.05, 3.63) is 47.1 Å². The van der Waals surface area contributed by atoms with E-state index in [1.54, 1.807) is 0 Å². The molecule has 0 fully saturated rings. The maximum atomic E-state index is 11.4. The van der Waals surface area contributed by atoms with Crippen LogP contribution in [0.15, 0.2) is 28.8 Å². The van der Waals surface area contributed by atoms with E-state index in [1.165, 1.54) is 12.7 Å². The lowest BCUT2D eigenvalue weighted by Gasteiger charge is -2.00. The number of hydrogen-bond donors (Lipinski definition) is 0. The first-order chi connectivity index (χ1) is 9.19. The molecule has 0 saturated heterocycles. The van der Waals surface area contributed by atoms with Gasteiger partial charge in [-0.15, -0.1) is 0 Å². The second-order valence-electron chi connectivity index (χ2n) is 4.36. The van der Waals surface area contributed by atoms with Crippen molar-refractivity contribution in [1.29, 1.82) is 0 Å². The Kier molecular flexibility index (Phi) is 4.41. The van der Waals surface area contributed by atoms with Crippen molar-refractivity contribution in [3.63, 3.8) is 0 Å². The smallest absolute Gasteiger partial charge is 0.234 e. The van der Waals surface area contributed by atoms with Crippen LogP contribution in [-0.4, -0.2) is 29.6 Å². The van der Waals surface area contributed by atoms with E-state index >= 15 is 0 Å². The number of Topliss-reactive ketones (excluding diaryl/α,β-unsaturated/α-hetero) is 1.